The van der Waals surface area contributed by atoms with Crippen molar-refractivity contribution < 1.29 is 4.57 Å². The molecule has 0 radical (unpaired) electrons. The Balaban J connectivity index is 0.00000102. The predicted octanol–water partition coefficient (Wildman–Crippen LogP) is 5.15. The van der Waals surface area contributed by atoms with Gasteiger partial charge in [0.1, 0.15) is 0 Å². The number of fused-ring (bicyclic) bond motifs is 1. The molecule has 1 heterocycles. The first-order valence-corrected chi connectivity index (χ1v) is 11.1. The van der Waals surface area contributed by atoms with Crippen LogP contribution < -0.4 is 15.9 Å². The Morgan fingerprint density at radius 3 is 1.67 bits per heavy atom. The van der Waals surface area contributed by atoms with Gasteiger partial charge < -0.3 is 9.13 Å². The Bertz CT molecular complexity index is 1040. The molecule has 138 valence electrons. The molecular formula is C24H26NOP. The Morgan fingerprint density at radius 1 is 0.704 bits per heavy atom. The van der Waals surface area contributed by atoms with E-state index in [1.54, 1.807) is 0 Å². The van der Waals surface area contributed by atoms with Gasteiger partial charge in [0.25, 0.3) is 0 Å². The lowest BCUT2D eigenvalue weighted by atomic mass is 10.2. The van der Waals surface area contributed by atoms with Crippen LogP contribution in [0.2, 0.25) is 0 Å². The van der Waals surface area contributed by atoms with Gasteiger partial charge in [-0.3, -0.25) is 0 Å². The van der Waals surface area contributed by atoms with E-state index in [4.69, 9.17) is 0 Å². The van der Waals surface area contributed by atoms with Crippen LogP contribution in [0.15, 0.2) is 84.9 Å². The van der Waals surface area contributed by atoms with E-state index in [1.807, 2.05) is 93.7 Å². The van der Waals surface area contributed by atoms with Crippen LogP contribution in [0.5, 0.6) is 0 Å². The van der Waals surface area contributed by atoms with Crippen molar-refractivity contribution in [1.82, 2.24) is 4.57 Å². The second-order valence-corrected chi connectivity index (χ2v) is 8.99. The second-order valence-electron chi connectivity index (χ2n) is 6.29. The number of aryl methyl sites for hydroxylation is 1. The van der Waals surface area contributed by atoms with Crippen molar-refractivity contribution >= 4 is 34.0 Å². The third-order valence-electron chi connectivity index (χ3n) is 4.92. The Labute approximate surface area is 161 Å². The Kier molecular flexibility index (Phi) is 5.68. The summed E-state index contributed by atoms with van der Waals surface area (Å²) in [6.07, 6.45) is 0. The molecule has 1 aromatic heterocycles. The summed E-state index contributed by atoms with van der Waals surface area (Å²) in [7, 11) is -0.916. The molecule has 0 atom stereocenters. The normalized spacial score (nSPS) is 11.1. The van der Waals surface area contributed by atoms with E-state index in [0.717, 1.165) is 32.5 Å². The lowest BCUT2D eigenvalue weighted by molar-refractivity contribution is 0.592. The quantitative estimate of drug-likeness (QED) is 0.454. The molecule has 0 unspecified atom stereocenters. The van der Waals surface area contributed by atoms with Crippen molar-refractivity contribution in [3.8, 4) is 0 Å². The average molecular weight is 375 g/mol. The van der Waals surface area contributed by atoms with Crippen LogP contribution in [0, 0.1) is 6.92 Å². The highest BCUT2D eigenvalue weighted by molar-refractivity contribution is 7.85. The van der Waals surface area contributed by atoms with Gasteiger partial charge in [0.15, 0.2) is 7.14 Å². The fraction of sp³-hybridized carbons (Fsp3) is 0.167. The lowest BCUT2D eigenvalue weighted by Gasteiger charge is -2.20. The number of nitrogens with zero attached hydrogens (tertiary/aromatic N) is 1. The molecule has 4 aromatic rings. The van der Waals surface area contributed by atoms with Gasteiger partial charge in [-0.15, -0.1) is 0 Å². The third kappa shape index (κ3) is 3.15. The molecule has 3 aromatic carbocycles. The van der Waals surface area contributed by atoms with Gasteiger partial charge in [0.05, 0.1) is 0 Å². The summed E-state index contributed by atoms with van der Waals surface area (Å²) in [6.45, 7) is 6.06. The fourth-order valence-electron chi connectivity index (χ4n) is 3.58. The van der Waals surface area contributed by atoms with Crippen molar-refractivity contribution in [3.05, 3.63) is 90.6 Å². The monoisotopic (exact) mass is 375 g/mol. The van der Waals surface area contributed by atoms with E-state index in [9.17, 15) is 4.57 Å². The highest BCUT2D eigenvalue weighted by Gasteiger charge is 2.34. The number of hydrogen-bond donors (Lipinski definition) is 0. The maximum absolute atomic E-state index is 14.7. The van der Waals surface area contributed by atoms with E-state index >= 15 is 0 Å². The van der Waals surface area contributed by atoms with Crippen molar-refractivity contribution in [3.63, 3.8) is 0 Å². The van der Waals surface area contributed by atoms with E-state index in [1.165, 1.54) is 0 Å². The smallest absolute Gasteiger partial charge is 0.173 e. The minimum Gasteiger partial charge on any atom is -0.347 e. The summed E-state index contributed by atoms with van der Waals surface area (Å²) in [5.74, 6) is 0. The van der Waals surface area contributed by atoms with E-state index in [2.05, 4.69) is 23.6 Å². The first-order valence-electron chi connectivity index (χ1n) is 9.40. The van der Waals surface area contributed by atoms with Gasteiger partial charge in [-0.05, 0) is 13.0 Å². The Hall–Kier alpha value is -2.57. The molecule has 3 heteroatoms. The van der Waals surface area contributed by atoms with Crippen LogP contribution >= 0.6 is 7.14 Å². The molecule has 0 fully saturated rings. The summed E-state index contributed by atoms with van der Waals surface area (Å²) in [4.78, 5) is 0. The first-order chi connectivity index (χ1) is 13.1. The van der Waals surface area contributed by atoms with Crippen LogP contribution in [0.4, 0.5) is 0 Å². The first kappa shape index (κ1) is 19.2. The van der Waals surface area contributed by atoms with Crippen LogP contribution in [0.3, 0.4) is 0 Å². The topological polar surface area (TPSA) is 22.0 Å². The molecule has 4 rings (SSSR count). The molecule has 27 heavy (non-hydrogen) atoms. The number of aromatic nitrogens is 1. The van der Waals surface area contributed by atoms with Gasteiger partial charge in [-0.2, -0.15) is 0 Å². The van der Waals surface area contributed by atoms with Gasteiger partial charge in [0, 0.05) is 39.6 Å². The van der Waals surface area contributed by atoms with Crippen LogP contribution in [0.1, 0.15) is 19.5 Å². The third-order valence-corrected chi connectivity index (χ3v) is 8.17. The standard InChI is InChI=1S/C22H20NOP.C2H6/c1-17-22(20-15-9-10-16-21(20)23(17)2)25(24,18-11-5-3-6-12-18)19-13-7-4-8-14-19;1-2/h3-16H,1-2H3;1-2H3. The van der Waals surface area contributed by atoms with Gasteiger partial charge >= 0.3 is 0 Å². The van der Waals surface area contributed by atoms with Crippen molar-refractivity contribution in [1.29, 1.82) is 0 Å². The minimum absolute atomic E-state index is 0.876. The molecule has 0 amide bonds. The van der Waals surface area contributed by atoms with Crippen LogP contribution in [-0.4, -0.2) is 4.57 Å². The van der Waals surface area contributed by atoms with Crippen molar-refractivity contribution in [2.75, 3.05) is 0 Å². The Morgan fingerprint density at radius 2 is 1.15 bits per heavy atom. The molecule has 0 spiro atoms. The van der Waals surface area contributed by atoms with E-state index < -0.39 is 7.14 Å². The molecule has 0 aliphatic rings. The minimum atomic E-state index is -2.96. The zero-order valence-corrected chi connectivity index (χ0v) is 17.3. The molecule has 0 aliphatic carbocycles. The van der Waals surface area contributed by atoms with Crippen molar-refractivity contribution in [2.45, 2.75) is 20.8 Å². The molecular weight excluding hydrogens is 349 g/mol. The molecule has 0 bridgehead atoms. The maximum Gasteiger partial charge on any atom is 0.173 e. The zero-order valence-electron chi connectivity index (χ0n) is 16.4. The summed E-state index contributed by atoms with van der Waals surface area (Å²) in [5, 5.41) is 3.77. The maximum atomic E-state index is 14.7. The molecule has 0 saturated heterocycles. The summed E-state index contributed by atoms with van der Waals surface area (Å²) < 4.78 is 16.8. The lowest BCUT2D eigenvalue weighted by Crippen LogP contribution is -2.26. The predicted molar refractivity (Wildman–Crippen MR) is 118 cm³/mol. The number of benzene rings is 3. The van der Waals surface area contributed by atoms with E-state index in [-0.39, 0.29) is 0 Å². The average Bonchev–Trinajstić information content (AvgIpc) is 3.01. The van der Waals surface area contributed by atoms with E-state index in [0.29, 0.717) is 0 Å². The van der Waals surface area contributed by atoms with Gasteiger partial charge in [-0.1, -0.05) is 92.7 Å². The SMILES string of the molecule is CC.Cc1c(P(=O)(c2ccccc2)c2ccccc2)c2ccccc2n1C. The molecule has 2 nitrogen and oxygen atoms in total. The summed E-state index contributed by atoms with van der Waals surface area (Å²) in [5.41, 5.74) is 2.17. The number of rotatable bonds is 3. The largest absolute Gasteiger partial charge is 0.347 e. The zero-order chi connectivity index (χ0) is 19.4. The number of hydrogen-bond acceptors (Lipinski definition) is 1. The van der Waals surface area contributed by atoms with Crippen molar-refractivity contribution in [2.24, 2.45) is 7.05 Å². The molecule has 0 N–H and O–H groups in total. The molecule has 0 aliphatic heterocycles. The highest BCUT2D eigenvalue weighted by atomic mass is 31.2. The van der Waals surface area contributed by atoms with Crippen LogP contribution in [0.25, 0.3) is 10.9 Å². The van der Waals surface area contributed by atoms with Crippen LogP contribution in [-0.2, 0) is 11.6 Å². The fourth-order valence-corrected chi connectivity index (χ4v) is 6.71. The second kappa shape index (κ2) is 7.98. The summed E-state index contributed by atoms with van der Waals surface area (Å²) in [6, 6.07) is 27.9. The molecule has 0 saturated carbocycles. The highest BCUT2D eigenvalue weighted by Crippen LogP contribution is 2.45. The van der Waals surface area contributed by atoms with Gasteiger partial charge in [0.2, 0.25) is 0 Å². The van der Waals surface area contributed by atoms with Gasteiger partial charge in [-0.25, -0.2) is 0 Å². The summed E-state index contributed by atoms with van der Waals surface area (Å²) >= 11 is 0. The number of para-hydroxylation sites is 1.